The second-order valence-corrected chi connectivity index (χ2v) is 5.94. The van der Waals surface area contributed by atoms with Crippen molar-refractivity contribution in [3.05, 3.63) is 30.0 Å². The van der Waals surface area contributed by atoms with E-state index >= 15 is 0 Å². The van der Waals surface area contributed by atoms with Crippen LogP contribution in [0.5, 0.6) is 0 Å². The van der Waals surface area contributed by atoms with Crippen LogP contribution in [0.25, 0.3) is 0 Å². The summed E-state index contributed by atoms with van der Waals surface area (Å²) in [6.45, 7) is 10.2. The molecule has 0 unspecified atom stereocenters. The fourth-order valence-electron chi connectivity index (χ4n) is 3.04. The van der Waals surface area contributed by atoms with Crippen molar-refractivity contribution in [1.29, 1.82) is 0 Å². The predicted molar refractivity (Wildman–Crippen MR) is 91.4 cm³/mol. The van der Waals surface area contributed by atoms with Gasteiger partial charge in [-0.05, 0) is 6.92 Å². The maximum Gasteiger partial charge on any atom is 0.222 e. The van der Waals surface area contributed by atoms with E-state index in [1.54, 1.807) is 0 Å². The maximum absolute atomic E-state index is 5.75. The Kier molecular flexibility index (Phi) is 4.76. The summed E-state index contributed by atoms with van der Waals surface area (Å²) in [6, 6.07) is 2.00. The Bertz CT molecular complexity index is 623. The number of piperazine rings is 1. The van der Waals surface area contributed by atoms with E-state index in [2.05, 4.69) is 42.4 Å². The van der Waals surface area contributed by atoms with Gasteiger partial charge in [0.15, 0.2) is 0 Å². The summed E-state index contributed by atoms with van der Waals surface area (Å²) < 4.78 is 2.25. The molecular weight excluding hydrogens is 290 g/mol. The maximum atomic E-state index is 5.75. The van der Waals surface area contributed by atoms with E-state index in [1.807, 2.05) is 19.2 Å². The molecule has 0 bridgehead atoms. The van der Waals surface area contributed by atoms with Crippen LogP contribution in [0.3, 0.4) is 0 Å². The minimum Gasteiger partial charge on any atom is -0.368 e. The molecular formula is C16H25N7. The Hall–Kier alpha value is -2.15. The minimum absolute atomic E-state index is 0.356. The highest BCUT2D eigenvalue weighted by atomic mass is 15.3. The van der Waals surface area contributed by atoms with E-state index < -0.39 is 0 Å². The summed E-state index contributed by atoms with van der Waals surface area (Å²) in [5.41, 5.74) is 6.67. The zero-order valence-corrected chi connectivity index (χ0v) is 13.9. The predicted octanol–water partition coefficient (Wildman–Crippen LogP) is 0.948. The lowest BCUT2D eigenvalue weighted by Gasteiger charge is -2.35. The van der Waals surface area contributed by atoms with Crippen LogP contribution in [0.15, 0.2) is 18.5 Å². The molecule has 1 aliphatic heterocycles. The quantitative estimate of drug-likeness (QED) is 0.885. The third-order valence-electron chi connectivity index (χ3n) is 4.33. The number of aryl methyl sites for hydroxylation is 2. The van der Waals surface area contributed by atoms with E-state index in [-0.39, 0.29) is 0 Å². The first kappa shape index (κ1) is 15.7. The molecule has 1 fully saturated rings. The molecule has 0 aromatic carbocycles. The largest absolute Gasteiger partial charge is 0.368 e. The molecule has 0 radical (unpaired) electrons. The Balaban J connectivity index is 1.52. The van der Waals surface area contributed by atoms with Crippen LogP contribution in [0, 0.1) is 6.92 Å². The third-order valence-corrected chi connectivity index (χ3v) is 4.33. The molecule has 3 heterocycles. The lowest BCUT2D eigenvalue weighted by molar-refractivity contribution is 0.246. The number of anilines is 2. The molecule has 3 rings (SSSR count). The Morgan fingerprint density at radius 2 is 1.91 bits per heavy atom. The number of aromatic nitrogens is 4. The number of rotatable bonds is 5. The molecule has 0 amide bonds. The van der Waals surface area contributed by atoms with E-state index in [1.165, 1.54) is 0 Å². The molecule has 1 aliphatic rings. The van der Waals surface area contributed by atoms with Gasteiger partial charge in [-0.2, -0.15) is 4.98 Å². The highest BCUT2D eigenvalue weighted by Gasteiger charge is 2.18. The molecule has 0 aliphatic carbocycles. The van der Waals surface area contributed by atoms with Crippen LogP contribution in [0.1, 0.15) is 18.4 Å². The first-order valence-electron chi connectivity index (χ1n) is 8.24. The van der Waals surface area contributed by atoms with E-state index in [0.29, 0.717) is 5.95 Å². The fourth-order valence-corrected chi connectivity index (χ4v) is 3.04. The van der Waals surface area contributed by atoms with Gasteiger partial charge >= 0.3 is 0 Å². The van der Waals surface area contributed by atoms with Gasteiger partial charge < -0.3 is 15.2 Å². The van der Waals surface area contributed by atoms with Crippen molar-refractivity contribution in [3.8, 4) is 0 Å². The van der Waals surface area contributed by atoms with Crippen LogP contribution < -0.4 is 10.6 Å². The van der Waals surface area contributed by atoms with Gasteiger partial charge in [0.05, 0.1) is 0 Å². The average molecular weight is 315 g/mol. The third kappa shape index (κ3) is 3.79. The SMILES string of the molecule is CCc1nccn1CCN1CCN(c2cc(C)nc(N)n2)CC1. The van der Waals surface area contributed by atoms with Crippen LogP contribution in [0.2, 0.25) is 0 Å². The molecule has 2 N–H and O–H groups in total. The van der Waals surface area contributed by atoms with Crippen molar-refractivity contribution in [1.82, 2.24) is 24.4 Å². The summed E-state index contributed by atoms with van der Waals surface area (Å²) in [5.74, 6) is 2.46. The minimum atomic E-state index is 0.356. The van der Waals surface area contributed by atoms with Crippen LogP contribution in [-0.4, -0.2) is 57.1 Å². The summed E-state index contributed by atoms with van der Waals surface area (Å²) in [6.07, 6.45) is 4.94. The van der Waals surface area contributed by atoms with E-state index in [0.717, 1.165) is 63.0 Å². The first-order valence-corrected chi connectivity index (χ1v) is 8.24. The molecule has 1 saturated heterocycles. The van der Waals surface area contributed by atoms with Gasteiger partial charge in [-0.25, -0.2) is 9.97 Å². The molecule has 7 nitrogen and oxygen atoms in total. The highest BCUT2D eigenvalue weighted by Crippen LogP contribution is 2.15. The summed E-state index contributed by atoms with van der Waals surface area (Å²) in [4.78, 5) is 17.7. The first-order chi connectivity index (χ1) is 11.2. The Morgan fingerprint density at radius 1 is 1.13 bits per heavy atom. The van der Waals surface area contributed by atoms with Crippen molar-refractivity contribution in [2.24, 2.45) is 0 Å². The van der Waals surface area contributed by atoms with Gasteiger partial charge in [-0.1, -0.05) is 6.92 Å². The van der Waals surface area contributed by atoms with Crippen LogP contribution >= 0.6 is 0 Å². The number of nitrogens with zero attached hydrogens (tertiary/aromatic N) is 6. The molecule has 0 saturated carbocycles. The van der Waals surface area contributed by atoms with Gasteiger partial charge in [0, 0.05) is 69.8 Å². The van der Waals surface area contributed by atoms with Crippen molar-refractivity contribution >= 4 is 11.8 Å². The summed E-state index contributed by atoms with van der Waals surface area (Å²) in [7, 11) is 0. The Morgan fingerprint density at radius 3 is 2.61 bits per heavy atom. The van der Waals surface area contributed by atoms with Crippen LogP contribution in [-0.2, 0) is 13.0 Å². The summed E-state index contributed by atoms with van der Waals surface area (Å²) >= 11 is 0. The van der Waals surface area contributed by atoms with Crippen molar-refractivity contribution in [2.75, 3.05) is 43.4 Å². The lowest BCUT2D eigenvalue weighted by Crippen LogP contribution is -2.47. The average Bonchev–Trinajstić information content (AvgIpc) is 3.00. The number of hydrogen-bond acceptors (Lipinski definition) is 6. The molecule has 0 atom stereocenters. The second kappa shape index (κ2) is 6.95. The number of hydrogen-bond donors (Lipinski definition) is 1. The summed E-state index contributed by atoms with van der Waals surface area (Å²) in [5, 5.41) is 0. The zero-order valence-electron chi connectivity index (χ0n) is 13.9. The molecule has 0 spiro atoms. The molecule has 23 heavy (non-hydrogen) atoms. The van der Waals surface area contributed by atoms with Crippen molar-refractivity contribution < 1.29 is 0 Å². The van der Waals surface area contributed by atoms with E-state index in [4.69, 9.17) is 5.73 Å². The Labute approximate surface area is 137 Å². The molecule has 7 heteroatoms. The van der Waals surface area contributed by atoms with Gasteiger partial charge in [0.2, 0.25) is 5.95 Å². The second-order valence-electron chi connectivity index (χ2n) is 5.94. The number of imidazole rings is 1. The fraction of sp³-hybridized carbons (Fsp3) is 0.562. The standard InChI is InChI=1S/C16H25N7/c1-3-14-18-4-5-22(14)9-6-21-7-10-23(11-8-21)15-12-13(2)19-16(17)20-15/h4-5,12H,3,6-11H2,1-2H3,(H2,17,19,20). The van der Waals surface area contributed by atoms with Crippen molar-refractivity contribution in [2.45, 2.75) is 26.8 Å². The van der Waals surface area contributed by atoms with E-state index in [9.17, 15) is 0 Å². The molecule has 2 aromatic rings. The number of nitrogen functional groups attached to an aromatic ring is 1. The van der Waals surface area contributed by atoms with Gasteiger partial charge in [-0.15, -0.1) is 0 Å². The van der Waals surface area contributed by atoms with Crippen molar-refractivity contribution in [3.63, 3.8) is 0 Å². The molecule has 124 valence electrons. The lowest BCUT2D eigenvalue weighted by atomic mass is 10.3. The normalized spacial score (nSPS) is 16.0. The number of nitrogens with two attached hydrogens (primary N) is 1. The topological polar surface area (TPSA) is 76.1 Å². The molecule has 2 aromatic heterocycles. The zero-order chi connectivity index (χ0) is 16.2. The van der Waals surface area contributed by atoms with Gasteiger partial charge in [-0.3, -0.25) is 4.90 Å². The monoisotopic (exact) mass is 315 g/mol. The van der Waals surface area contributed by atoms with Gasteiger partial charge in [0.25, 0.3) is 0 Å². The van der Waals surface area contributed by atoms with Gasteiger partial charge in [0.1, 0.15) is 11.6 Å². The van der Waals surface area contributed by atoms with Crippen LogP contribution in [0.4, 0.5) is 11.8 Å². The smallest absolute Gasteiger partial charge is 0.222 e. The highest BCUT2D eigenvalue weighted by molar-refractivity contribution is 5.43.